The van der Waals surface area contributed by atoms with E-state index in [9.17, 15) is 0 Å². The Morgan fingerprint density at radius 2 is 2.19 bits per heavy atom. The van der Waals surface area contributed by atoms with Gasteiger partial charge in [0, 0.05) is 24.4 Å². The van der Waals surface area contributed by atoms with Crippen molar-refractivity contribution < 1.29 is 4.74 Å². The van der Waals surface area contributed by atoms with Gasteiger partial charge >= 0.3 is 0 Å². The summed E-state index contributed by atoms with van der Waals surface area (Å²) in [7, 11) is 0. The molecule has 2 fully saturated rings. The maximum Gasteiger partial charge on any atom is 0.135 e. The average molecular weight is 287 g/mol. The van der Waals surface area contributed by atoms with Crippen LogP contribution < -0.4 is 5.32 Å². The van der Waals surface area contributed by atoms with Crippen LogP contribution in [0.2, 0.25) is 0 Å². The smallest absolute Gasteiger partial charge is 0.135 e. The van der Waals surface area contributed by atoms with Crippen LogP contribution in [0.1, 0.15) is 62.0 Å². The van der Waals surface area contributed by atoms with Crippen molar-refractivity contribution in [2.75, 3.05) is 18.5 Å². The number of ether oxygens (including phenoxy) is 1. The molecule has 1 aliphatic heterocycles. The van der Waals surface area contributed by atoms with Crippen LogP contribution in [0.5, 0.6) is 0 Å². The van der Waals surface area contributed by atoms with Crippen molar-refractivity contribution in [3.05, 3.63) is 17.1 Å². The Morgan fingerprint density at radius 1 is 1.24 bits per heavy atom. The van der Waals surface area contributed by atoms with E-state index in [1.165, 1.54) is 36.9 Å². The lowest BCUT2D eigenvalue weighted by Crippen LogP contribution is -2.21. The molecule has 1 N–H and O–H groups in total. The molecule has 114 valence electrons. The number of hydrogen-bond acceptors (Lipinski definition) is 4. The third-order valence-corrected chi connectivity index (χ3v) is 5.45. The van der Waals surface area contributed by atoms with Crippen LogP contribution in [-0.2, 0) is 17.8 Å². The minimum Gasteiger partial charge on any atom is -0.376 e. The molecule has 21 heavy (non-hydrogen) atoms. The van der Waals surface area contributed by atoms with Crippen molar-refractivity contribution in [3.63, 3.8) is 0 Å². The monoisotopic (exact) mass is 287 g/mol. The fourth-order valence-electron chi connectivity index (χ4n) is 4.37. The van der Waals surface area contributed by atoms with Crippen LogP contribution in [0.4, 0.5) is 5.82 Å². The largest absolute Gasteiger partial charge is 0.376 e. The van der Waals surface area contributed by atoms with Crippen molar-refractivity contribution in [1.29, 1.82) is 0 Å². The predicted octanol–water partition coefficient (Wildman–Crippen LogP) is 3.27. The lowest BCUT2D eigenvalue weighted by Gasteiger charge is -2.25. The summed E-state index contributed by atoms with van der Waals surface area (Å²) in [4.78, 5) is 9.87. The molecule has 4 rings (SSSR count). The summed E-state index contributed by atoms with van der Waals surface area (Å²) in [6.45, 7) is 4.62. The second kappa shape index (κ2) is 5.56. The summed E-state index contributed by atoms with van der Waals surface area (Å²) in [6, 6.07) is 0. The molecule has 4 nitrogen and oxygen atoms in total. The van der Waals surface area contributed by atoms with Gasteiger partial charge in [0.15, 0.2) is 0 Å². The molecule has 1 aromatic heterocycles. The van der Waals surface area contributed by atoms with E-state index in [2.05, 4.69) is 12.2 Å². The zero-order valence-corrected chi connectivity index (χ0v) is 12.9. The molecule has 4 heteroatoms. The topological polar surface area (TPSA) is 47.0 Å². The van der Waals surface area contributed by atoms with Gasteiger partial charge in [0.1, 0.15) is 11.6 Å². The first-order valence-electron chi connectivity index (χ1n) is 8.56. The van der Waals surface area contributed by atoms with Crippen LogP contribution in [0.15, 0.2) is 0 Å². The maximum absolute atomic E-state index is 5.61. The molecule has 3 aliphatic rings. The van der Waals surface area contributed by atoms with Crippen molar-refractivity contribution in [3.8, 4) is 0 Å². The minimum atomic E-state index is 0.610. The minimum absolute atomic E-state index is 0.610. The molecule has 2 heterocycles. The first-order valence-corrected chi connectivity index (χ1v) is 8.56. The van der Waals surface area contributed by atoms with E-state index in [4.69, 9.17) is 14.7 Å². The van der Waals surface area contributed by atoms with Crippen molar-refractivity contribution in [1.82, 2.24) is 9.97 Å². The third kappa shape index (κ3) is 2.44. The lowest BCUT2D eigenvalue weighted by molar-refractivity contribution is 0.109. The van der Waals surface area contributed by atoms with Crippen molar-refractivity contribution in [2.24, 2.45) is 11.8 Å². The molecule has 1 aromatic rings. The van der Waals surface area contributed by atoms with Gasteiger partial charge in [-0.1, -0.05) is 13.3 Å². The van der Waals surface area contributed by atoms with Gasteiger partial charge in [0.2, 0.25) is 0 Å². The highest BCUT2D eigenvalue weighted by Crippen LogP contribution is 2.52. The van der Waals surface area contributed by atoms with Crippen molar-refractivity contribution in [2.45, 2.75) is 58.0 Å². The summed E-state index contributed by atoms with van der Waals surface area (Å²) in [5.74, 6) is 4.54. The lowest BCUT2D eigenvalue weighted by atomic mass is 9.88. The first-order chi connectivity index (χ1) is 10.3. The zero-order chi connectivity index (χ0) is 14.2. The van der Waals surface area contributed by atoms with Gasteiger partial charge in [0.05, 0.1) is 18.9 Å². The second-order valence-corrected chi connectivity index (χ2v) is 6.87. The van der Waals surface area contributed by atoms with Gasteiger partial charge in [-0.2, -0.15) is 0 Å². The molecule has 0 spiro atoms. The highest BCUT2D eigenvalue weighted by atomic mass is 16.5. The van der Waals surface area contributed by atoms with Gasteiger partial charge in [-0.3, -0.25) is 0 Å². The van der Waals surface area contributed by atoms with E-state index in [0.29, 0.717) is 12.5 Å². The Bertz CT molecular complexity index is 531. The fraction of sp³-hybridized carbons (Fsp3) is 0.765. The van der Waals surface area contributed by atoms with Crippen LogP contribution in [0.25, 0.3) is 0 Å². The summed E-state index contributed by atoms with van der Waals surface area (Å²) in [5, 5.41) is 3.50. The molecule has 2 aliphatic carbocycles. The second-order valence-electron chi connectivity index (χ2n) is 6.87. The molecule has 0 aromatic carbocycles. The molecule has 0 radical (unpaired) electrons. The van der Waals surface area contributed by atoms with E-state index in [1.54, 1.807) is 0 Å². The normalized spacial score (nSPS) is 30.4. The quantitative estimate of drug-likeness (QED) is 0.923. The number of nitrogens with one attached hydrogen (secondary N) is 1. The van der Waals surface area contributed by atoms with Crippen LogP contribution in [-0.4, -0.2) is 23.1 Å². The standard InChI is InChI=1S/C17H25N3O/c1-2-6-18-16-14-10-21-7-5-15(14)19-17(20-16)13-9-11-3-4-12(13)8-11/h11-13H,2-10H2,1H3,(H,18,19,20). The SMILES string of the molecule is CCCNc1nc(C2CC3CCC2C3)nc2c1COCC2. The highest BCUT2D eigenvalue weighted by molar-refractivity contribution is 5.47. The van der Waals surface area contributed by atoms with E-state index < -0.39 is 0 Å². The van der Waals surface area contributed by atoms with Crippen LogP contribution in [0, 0.1) is 11.8 Å². The molecular weight excluding hydrogens is 262 g/mol. The van der Waals surface area contributed by atoms with E-state index in [-0.39, 0.29) is 0 Å². The Morgan fingerprint density at radius 3 is 2.95 bits per heavy atom. The predicted molar refractivity (Wildman–Crippen MR) is 82.4 cm³/mol. The first kappa shape index (κ1) is 13.5. The number of hydrogen-bond donors (Lipinski definition) is 1. The number of aromatic nitrogens is 2. The molecule has 3 unspecified atom stereocenters. The van der Waals surface area contributed by atoms with Gasteiger partial charge < -0.3 is 10.1 Å². The molecule has 0 saturated heterocycles. The van der Waals surface area contributed by atoms with Gasteiger partial charge in [0.25, 0.3) is 0 Å². The highest BCUT2D eigenvalue weighted by Gasteiger charge is 2.42. The Balaban J connectivity index is 1.67. The summed E-state index contributed by atoms with van der Waals surface area (Å²) in [6.07, 6.45) is 7.59. The third-order valence-electron chi connectivity index (χ3n) is 5.45. The average Bonchev–Trinajstić information content (AvgIpc) is 3.15. The molecule has 2 saturated carbocycles. The number of rotatable bonds is 4. The molecular formula is C17H25N3O. The van der Waals surface area contributed by atoms with Gasteiger partial charge in [-0.05, 0) is 37.5 Å². The van der Waals surface area contributed by atoms with Gasteiger partial charge in [-0.25, -0.2) is 9.97 Å². The Labute approximate surface area is 126 Å². The van der Waals surface area contributed by atoms with Gasteiger partial charge in [-0.15, -0.1) is 0 Å². The number of anilines is 1. The van der Waals surface area contributed by atoms with E-state index in [0.717, 1.165) is 49.5 Å². The summed E-state index contributed by atoms with van der Waals surface area (Å²) < 4.78 is 5.61. The van der Waals surface area contributed by atoms with E-state index in [1.807, 2.05) is 0 Å². The van der Waals surface area contributed by atoms with Crippen LogP contribution in [0.3, 0.4) is 0 Å². The van der Waals surface area contributed by atoms with Crippen LogP contribution >= 0.6 is 0 Å². The summed E-state index contributed by atoms with van der Waals surface area (Å²) >= 11 is 0. The van der Waals surface area contributed by atoms with E-state index >= 15 is 0 Å². The summed E-state index contributed by atoms with van der Waals surface area (Å²) in [5.41, 5.74) is 2.43. The zero-order valence-electron chi connectivity index (χ0n) is 12.9. The van der Waals surface area contributed by atoms with Crippen molar-refractivity contribution >= 4 is 5.82 Å². The Hall–Kier alpha value is -1.16. The Kier molecular flexibility index (Phi) is 3.57. The maximum atomic E-state index is 5.61. The number of nitrogens with zero attached hydrogens (tertiary/aromatic N) is 2. The molecule has 2 bridgehead atoms. The molecule has 3 atom stereocenters. The molecule has 0 amide bonds. The fourth-order valence-corrected chi connectivity index (χ4v) is 4.37. The number of fused-ring (bicyclic) bond motifs is 3.